The molecule has 0 bridgehead atoms. The minimum atomic E-state index is -0.0468. The molecule has 0 aliphatic carbocycles. The van der Waals surface area contributed by atoms with Gasteiger partial charge in [-0.1, -0.05) is 41.7 Å². The number of carbonyl (C=O) groups is 1. The first-order valence-corrected chi connectivity index (χ1v) is 8.80. The maximum atomic E-state index is 12.8. The third kappa shape index (κ3) is 2.30. The van der Waals surface area contributed by atoms with Crippen LogP contribution in [0.15, 0.2) is 53.4 Å². The lowest BCUT2D eigenvalue weighted by Crippen LogP contribution is -2.34. The molecule has 0 N–H and O–H groups in total. The van der Waals surface area contributed by atoms with E-state index in [1.807, 2.05) is 43.4 Å². The van der Waals surface area contributed by atoms with Crippen LogP contribution in [0, 0.1) is 0 Å². The van der Waals surface area contributed by atoms with Crippen LogP contribution in [-0.4, -0.2) is 23.2 Å². The van der Waals surface area contributed by atoms with E-state index in [1.54, 1.807) is 28.0 Å². The van der Waals surface area contributed by atoms with Crippen LogP contribution in [-0.2, 0) is 11.2 Å². The van der Waals surface area contributed by atoms with Gasteiger partial charge in [0, 0.05) is 11.9 Å². The summed E-state index contributed by atoms with van der Waals surface area (Å²) in [6.07, 6.45) is 0.801. The van der Waals surface area contributed by atoms with Crippen LogP contribution in [0.1, 0.15) is 5.56 Å². The maximum absolute atomic E-state index is 12.8. The predicted molar refractivity (Wildman–Crippen MR) is 92.8 cm³/mol. The molecule has 0 fully saturated rings. The van der Waals surface area contributed by atoms with Gasteiger partial charge in [0.15, 0.2) is 5.13 Å². The van der Waals surface area contributed by atoms with Crippen LogP contribution < -0.4 is 4.90 Å². The zero-order valence-electron chi connectivity index (χ0n) is 12.0. The number of thiazole rings is 1. The molecule has 0 spiro atoms. The number of para-hydroxylation sites is 1. The van der Waals surface area contributed by atoms with Gasteiger partial charge in [-0.25, -0.2) is 4.98 Å². The van der Waals surface area contributed by atoms with E-state index in [-0.39, 0.29) is 11.2 Å². The van der Waals surface area contributed by atoms with Gasteiger partial charge in [-0.05, 0) is 30.2 Å². The second-order valence-electron chi connectivity index (χ2n) is 5.28. The Morgan fingerprint density at radius 1 is 1.18 bits per heavy atom. The molecule has 3 nitrogen and oxygen atoms in total. The number of rotatable bonds is 2. The number of thioether (sulfide) groups is 1. The van der Waals surface area contributed by atoms with E-state index in [2.05, 4.69) is 17.1 Å². The van der Waals surface area contributed by atoms with E-state index < -0.39 is 0 Å². The third-order valence-electron chi connectivity index (χ3n) is 3.82. The molecule has 110 valence electrons. The topological polar surface area (TPSA) is 33.2 Å². The molecular weight excluding hydrogens is 312 g/mol. The fourth-order valence-electron chi connectivity index (χ4n) is 2.63. The van der Waals surface area contributed by atoms with Crippen molar-refractivity contribution in [2.24, 2.45) is 0 Å². The zero-order valence-corrected chi connectivity index (χ0v) is 13.7. The first-order valence-electron chi connectivity index (χ1n) is 7.10. The van der Waals surface area contributed by atoms with Gasteiger partial charge >= 0.3 is 0 Å². The van der Waals surface area contributed by atoms with Crippen LogP contribution in [0.3, 0.4) is 0 Å². The maximum Gasteiger partial charge on any atom is 0.242 e. The summed E-state index contributed by atoms with van der Waals surface area (Å²) in [5.41, 5.74) is 2.22. The molecule has 0 saturated carbocycles. The standard InChI is InChI=1S/C17H14N2OS2/c1-19(17-18-12-7-3-5-9-14(12)22-17)16(20)15-10-11-6-2-4-8-13(11)21-15/h2-9,15H,10H2,1H3. The summed E-state index contributed by atoms with van der Waals surface area (Å²) in [7, 11) is 1.82. The van der Waals surface area contributed by atoms with Crippen LogP contribution in [0.5, 0.6) is 0 Å². The van der Waals surface area contributed by atoms with Crippen LogP contribution in [0.25, 0.3) is 10.2 Å². The van der Waals surface area contributed by atoms with Crippen molar-refractivity contribution in [3.63, 3.8) is 0 Å². The summed E-state index contributed by atoms with van der Waals surface area (Å²) in [6, 6.07) is 16.2. The molecule has 1 aliphatic rings. The average Bonchev–Trinajstić information content (AvgIpc) is 3.16. The van der Waals surface area contributed by atoms with Crippen molar-refractivity contribution in [2.45, 2.75) is 16.6 Å². The second kappa shape index (κ2) is 5.41. The van der Waals surface area contributed by atoms with Crippen molar-refractivity contribution in [1.82, 2.24) is 4.98 Å². The predicted octanol–water partition coefficient (Wildman–Crippen LogP) is 3.98. The second-order valence-corrected chi connectivity index (χ2v) is 7.53. The summed E-state index contributed by atoms with van der Waals surface area (Å²) >= 11 is 3.22. The minimum Gasteiger partial charge on any atom is -0.290 e. The van der Waals surface area contributed by atoms with Crippen molar-refractivity contribution >= 4 is 44.4 Å². The molecule has 2 aromatic carbocycles. The van der Waals surface area contributed by atoms with Crippen molar-refractivity contribution in [2.75, 3.05) is 11.9 Å². The van der Waals surface area contributed by atoms with E-state index in [1.165, 1.54) is 10.5 Å². The highest BCUT2D eigenvalue weighted by atomic mass is 32.2. The van der Waals surface area contributed by atoms with E-state index >= 15 is 0 Å². The zero-order chi connectivity index (χ0) is 15.1. The first kappa shape index (κ1) is 13.8. The molecule has 1 unspecified atom stereocenters. The lowest BCUT2D eigenvalue weighted by molar-refractivity contribution is -0.117. The van der Waals surface area contributed by atoms with Gasteiger partial charge in [-0.2, -0.15) is 0 Å². The quantitative estimate of drug-likeness (QED) is 0.714. The van der Waals surface area contributed by atoms with Crippen LogP contribution in [0.2, 0.25) is 0 Å². The Labute approximate surface area is 137 Å². The molecule has 0 radical (unpaired) electrons. The molecular formula is C17H14N2OS2. The van der Waals surface area contributed by atoms with Crippen LogP contribution in [0.4, 0.5) is 5.13 Å². The van der Waals surface area contributed by atoms with Gasteiger partial charge in [-0.3, -0.25) is 9.69 Å². The highest BCUT2D eigenvalue weighted by Gasteiger charge is 2.31. The summed E-state index contributed by atoms with van der Waals surface area (Å²) in [6.45, 7) is 0. The molecule has 0 saturated heterocycles. The molecule has 2 heterocycles. The van der Waals surface area contributed by atoms with Gasteiger partial charge in [0.2, 0.25) is 5.91 Å². The summed E-state index contributed by atoms with van der Waals surface area (Å²) < 4.78 is 1.11. The lowest BCUT2D eigenvalue weighted by atomic mass is 10.1. The molecule has 1 atom stereocenters. The lowest BCUT2D eigenvalue weighted by Gasteiger charge is -2.17. The molecule has 4 rings (SSSR count). The Hall–Kier alpha value is -1.85. The third-order valence-corrected chi connectivity index (χ3v) is 6.24. The number of anilines is 1. The Morgan fingerprint density at radius 2 is 1.95 bits per heavy atom. The Bertz CT molecular complexity index is 800. The molecule has 5 heteroatoms. The van der Waals surface area contributed by atoms with Crippen molar-refractivity contribution in [3.8, 4) is 0 Å². The number of aromatic nitrogens is 1. The van der Waals surface area contributed by atoms with Gasteiger partial charge in [0.1, 0.15) is 0 Å². The highest BCUT2D eigenvalue weighted by Crippen LogP contribution is 2.38. The first-order chi connectivity index (χ1) is 10.7. The number of hydrogen-bond donors (Lipinski definition) is 0. The SMILES string of the molecule is CN(C(=O)C1Cc2ccccc2S1)c1nc2ccccc2s1. The van der Waals surface area contributed by atoms with Gasteiger partial charge in [0.05, 0.1) is 15.5 Å². The number of hydrogen-bond acceptors (Lipinski definition) is 4. The van der Waals surface area contributed by atoms with E-state index in [0.29, 0.717) is 0 Å². The monoisotopic (exact) mass is 326 g/mol. The fraction of sp³-hybridized carbons (Fsp3) is 0.176. The summed E-state index contributed by atoms with van der Waals surface area (Å²) in [5, 5.41) is 0.720. The number of benzene rings is 2. The molecule has 1 aliphatic heterocycles. The fourth-order valence-corrected chi connectivity index (χ4v) is 4.85. The summed E-state index contributed by atoms with van der Waals surface area (Å²) in [5.74, 6) is 0.125. The Kier molecular flexibility index (Phi) is 3.39. The van der Waals surface area contributed by atoms with Crippen molar-refractivity contribution in [1.29, 1.82) is 0 Å². The van der Waals surface area contributed by atoms with Gasteiger partial charge < -0.3 is 0 Å². The molecule has 1 amide bonds. The smallest absolute Gasteiger partial charge is 0.242 e. The van der Waals surface area contributed by atoms with E-state index in [0.717, 1.165) is 21.8 Å². The Balaban J connectivity index is 1.58. The number of fused-ring (bicyclic) bond motifs is 2. The average molecular weight is 326 g/mol. The Morgan fingerprint density at radius 3 is 2.77 bits per heavy atom. The highest BCUT2D eigenvalue weighted by molar-refractivity contribution is 8.01. The van der Waals surface area contributed by atoms with Gasteiger partial charge in [-0.15, -0.1) is 11.8 Å². The van der Waals surface area contributed by atoms with E-state index in [4.69, 9.17) is 0 Å². The normalized spacial score (nSPS) is 16.7. The minimum absolute atomic E-state index is 0.0468. The molecule has 22 heavy (non-hydrogen) atoms. The van der Waals surface area contributed by atoms with Crippen LogP contribution >= 0.6 is 23.1 Å². The number of amides is 1. The van der Waals surface area contributed by atoms with E-state index in [9.17, 15) is 4.79 Å². The molecule has 1 aromatic heterocycles. The number of carbonyl (C=O) groups excluding carboxylic acids is 1. The van der Waals surface area contributed by atoms with Crippen molar-refractivity contribution < 1.29 is 4.79 Å². The van der Waals surface area contributed by atoms with Crippen molar-refractivity contribution in [3.05, 3.63) is 54.1 Å². The largest absolute Gasteiger partial charge is 0.290 e. The summed E-state index contributed by atoms with van der Waals surface area (Å²) in [4.78, 5) is 20.3. The van der Waals surface area contributed by atoms with Gasteiger partial charge in [0.25, 0.3) is 0 Å². The number of nitrogens with zero attached hydrogens (tertiary/aromatic N) is 2. The molecule has 3 aromatic rings.